The van der Waals surface area contributed by atoms with Crippen LogP contribution < -0.4 is 5.32 Å². The van der Waals surface area contributed by atoms with Crippen molar-refractivity contribution < 1.29 is 14.7 Å². The Bertz CT molecular complexity index is 273. The molecule has 1 fully saturated rings. The first-order chi connectivity index (χ1) is 8.09. The molecule has 5 nitrogen and oxygen atoms in total. The third-order valence-corrected chi connectivity index (χ3v) is 3.92. The fourth-order valence-corrected chi connectivity index (χ4v) is 2.65. The van der Waals surface area contributed by atoms with Gasteiger partial charge in [0.1, 0.15) is 0 Å². The maximum absolute atomic E-state index is 11.8. The summed E-state index contributed by atoms with van der Waals surface area (Å²) < 4.78 is 0. The molecule has 17 heavy (non-hydrogen) atoms. The van der Waals surface area contributed by atoms with E-state index in [9.17, 15) is 9.59 Å². The van der Waals surface area contributed by atoms with Crippen LogP contribution in [0.1, 0.15) is 26.2 Å². The zero-order valence-corrected chi connectivity index (χ0v) is 11.0. The van der Waals surface area contributed by atoms with Crippen LogP contribution in [0.15, 0.2) is 0 Å². The lowest BCUT2D eigenvalue weighted by Gasteiger charge is -2.20. The molecule has 1 rings (SSSR count). The molecule has 0 aromatic carbocycles. The SMILES string of the molecule is CC1CCN(C(=O)NCCCC(=O)O)CCS1. The summed E-state index contributed by atoms with van der Waals surface area (Å²) in [6.45, 7) is 4.18. The summed E-state index contributed by atoms with van der Waals surface area (Å²) in [4.78, 5) is 23.9. The number of carboxylic acid groups (broad SMARTS) is 1. The fourth-order valence-electron chi connectivity index (χ4n) is 1.65. The lowest BCUT2D eigenvalue weighted by Crippen LogP contribution is -2.41. The van der Waals surface area contributed by atoms with Crippen molar-refractivity contribution in [3.63, 3.8) is 0 Å². The summed E-state index contributed by atoms with van der Waals surface area (Å²) in [6, 6.07) is -0.0647. The number of rotatable bonds is 4. The number of urea groups is 1. The molecule has 1 aliphatic rings. The molecule has 0 bridgehead atoms. The number of hydrogen-bond acceptors (Lipinski definition) is 3. The normalized spacial score (nSPS) is 20.8. The fraction of sp³-hybridized carbons (Fsp3) is 0.818. The molecule has 0 aliphatic carbocycles. The second-order valence-electron chi connectivity index (χ2n) is 4.19. The molecule has 98 valence electrons. The highest BCUT2D eigenvalue weighted by Gasteiger charge is 2.18. The van der Waals surface area contributed by atoms with Crippen LogP contribution >= 0.6 is 11.8 Å². The van der Waals surface area contributed by atoms with E-state index in [0.29, 0.717) is 18.2 Å². The van der Waals surface area contributed by atoms with Crippen molar-refractivity contribution in [2.24, 2.45) is 0 Å². The highest BCUT2D eigenvalue weighted by Crippen LogP contribution is 2.18. The summed E-state index contributed by atoms with van der Waals surface area (Å²) in [5.74, 6) is 0.156. The molecular weight excluding hydrogens is 240 g/mol. The van der Waals surface area contributed by atoms with E-state index in [0.717, 1.165) is 25.3 Å². The van der Waals surface area contributed by atoms with Gasteiger partial charge in [0, 0.05) is 37.1 Å². The third-order valence-electron chi connectivity index (χ3n) is 2.70. The highest BCUT2D eigenvalue weighted by atomic mass is 32.2. The highest BCUT2D eigenvalue weighted by molar-refractivity contribution is 7.99. The van der Waals surface area contributed by atoms with E-state index < -0.39 is 5.97 Å². The minimum Gasteiger partial charge on any atom is -0.481 e. The molecule has 6 heteroatoms. The molecule has 1 unspecified atom stereocenters. The van der Waals surface area contributed by atoms with Crippen LogP contribution in [0, 0.1) is 0 Å². The van der Waals surface area contributed by atoms with Crippen LogP contribution in [0.25, 0.3) is 0 Å². The predicted octanol–water partition coefficient (Wildman–Crippen LogP) is 1.39. The van der Waals surface area contributed by atoms with Crippen LogP contribution in [0.3, 0.4) is 0 Å². The van der Waals surface area contributed by atoms with Gasteiger partial charge in [-0.15, -0.1) is 0 Å². The predicted molar refractivity (Wildman–Crippen MR) is 68.4 cm³/mol. The summed E-state index contributed by atoms with van der Waals surface area (Å²) in [5.41, 5.74) is 0. The summed E-state index contributed by atoms with van der Waals surface area (Å²) in [6.07, 6.45) is 1.61. The molecule has 0 aromatic heterocycles. The lowest BCUT2D eigenvalue weighted by atomic mass is 10.3. The number of amides is 2. The zero-order valence-electron chi connectivity index (χ0n) is 10.1. The minimum atomic E-state index is -0.820. The third kappa shape index (κ3) is 5.81. The zero-order chi connectivity index (χ0) is 12.7. The number of carbonyl (C=O) groups excluding carboxylic acids is 1. The number of nitrogens with one attached hydrogen (secondary N) is 1. The van der Waals surface area contributed by atoms with Gasteiger partial charge in [-0.25, -0.2) is 4.79 Å². The second kappa shape index (κ2) is 7.42. The quantitative estimate of drug-likeness (QED) is 0.749. The number of thioether (sulfide) groups is 1. The van der Waals surface area contributed by atoms with Crippen LogP contribution in [-0.2, 0) is 4.79 Å². The van der Waals surface area contributed by atoms with Gasteiger partial charge in [-0.3, -0.25) is 4.79 Å². The Hall–Kier alpha value is -0.910. The Morgan fingerprint density at radius 3 is 2.94 bits per heavy atom. The number of aliphatic carboxylic acids is 1. The number of carboxylic acids is 1. The van der Waals surface area contributed by atoms with Gasteiger partial charge < -0.3 is 15.3 Å². The smallest absolute Gasteiger partial charge is 0.317 e. The summed E-state index contributed by atoms with van der Waals surface area (Å²) in [5, 5.41) is 11.8. The van der Waals surface area contributed by atoms with Crippen LogP contribution in [0.2, 0.25) is 0 Å². The molecular formula is C11H20N2O3S. The standard InChI is InChI=1S/C11H20N2O3S/c1-9-4-6-13(7-8-17-9)11(16)12-5-2-3-10(14)15/h9H,2-8H2,1H3,(H,12,16)(H,14,15). The first-order valence-corrected chi connectivity index (χ1v) is 7.00. The van der Waals surface area contributed by atoms with Gasteiger partial charge in [0.2, 0.25) is 0 Å². The van der Waals surface area contributed by atoms with Crippen molar-refractivity contribution in [2.75, 3.05) is 25.4 Å². The topological polar surface area (TPSA) is 69.6 Å². The molecule has 1 aliphatic heterocycles. The van der Waals surface area contributed by atoms with Crippen LogP contribution in [0.5, 0.6) is 0 Å². The Morgan fingerprint density at radius 2 is 2.24 bits per heavy atom. The van der Waals surface area contributed by atoms with Gasteiger partial charge in [0.05, 0.1) is 0 Å². The maximum Gasteiger partial charge on any atom is 0.317 e. The average Bonchev–Trinajstić information content (AvgIpc) is 2.49. The number of hydrogen-bond donors (Lipinski definition) is 2. The Balaban J connectivity index is 2.20. The number of carbonyl (C=O) groups is 2. The second-order valence-corrected chi connectivity index (χ2v) is 5.73. The first-order valence-electron chi connectivity index (χ1n) is 5.96. The van der Waals surface area contributed by atoms with E-state index in [4.69, 9.17) is 5.11 Å². The van der Waals surface area contributed by atoms with E-state index in [2.05, 4.69) is 12.2 Å². The van der Waals surface area contributed by atoms with Gasteiger partial charge in [-0.05, 0) is 12.8 Å². The van der Waals surface area contributed by atoms with Crippen molar-refractivity contribution in [3.8, 4) is 0 Å². The molecule has 1 saturated heterocycles. The molecule has 0 spiro atoms. The van der Waals surface area contributed by atoms with E-state index in [-0.39, 0.29) is 12.5 Å². The van der Waals surface area contributed by atoms with E-state index in [1.807, 2.05) is 16.7 Å². The molecule has 2 N–H and O–H groups in total. The van der Waals surface area contributed by atoms with Crippen LogP contribution in [0.4, 0.5) is 4.79 Å². The van der Waals surface area contributed by atoms with E-state index >= 15 is 0 Å². The monoisotopic (exact) mass is 260 g/mol. The van der Waals surface area contributed by atoms with Gasteiger partial charge in [0.15, 0.2) is 0 Å². The van der Waals surface area contributed by atoms with Crippen molar-refractivity contribution in [3.05, 3.63) is 0 Å². The first kappa shape index (κ1) is 14.2. The number of nitrogens with zero attached hydrogens (tertiary/aromatic N) is 1. The van der Waals surface area contributed by atoms with Crippen molar-refractivity contribution in [2.45, 2.75) is 31.4 Å². The molecule has 2 amide bonds. The molecule has 0 saturated carbocycles. The van der Waals surface area contributed by atoms with Gasteiger partial charge >= 0.3 is 12.0 Å². The Kier molecular flexibility index (Phi) is 6.18. The average molecular weight is 260 g/mol. The molecule has 1 heterocycles. The molecule has 0 aromatic rings. The molecule has 1 atom stereocenters. The van der Waals surface area contributed by atoms with E-state index in [1.54, 1.807) is 0 Å². The molecule has 0 radical (unpaired) electrons. The minimum absolute atomic E-state index is 0.0647. The van der Waals surface area contributed by atoms with Gasteiger partial charge in [-0.2, -0.15) is 11.8 Å². The van der Waals surface area contributed by atoms with E-state index in [1.165, 1.54) is 0 Å². The summed E-state index contributed by atoms with van der Waals surface area (Å²) >= 11 is 1.89. The summed E-state index contributed by atoms with van der Waals surface area (Å²) in [7, 11) is 0. The Labute approximate surface area is 106 Å². The largest absolute Gasteiger partial charge is 0.481 e. The van der Waals surface area contributed by atoms with Crippen molar-refractivity contribution >= 4 is 23.8 Å². The van der Waals surface area contributed by atoms with Gasteiger partial charge in [-0.1, -0.05) is 6.92 Å². The van der Waals surface area contributed by atoms with Crippen molar-refractivity contribution in [1.29, 1.82) is 0 Å². The maximum atomic E-state index is 11.8. The van der Waals surface area contributed by atoms with Crippen molar-refractivity contribution in [1.82, 2.24) is 10.2 Å². The Morgan fingerprint density at radius 1 is 1.47 bits per heavy atom. The van der Waals surface area contributed by atoms with Gasteiger partial charge in [0.25, 0.3) is 0 Å². The lowest BCUT2D eigenvalue weighted by molar-refractivity contribution is -0.137. The van der Waals surface area contributed by atoms with Crippen LogP contribution in [-0.4, -0.2) is 52.6 Å².